The van der Waals surface area contributed by atoms with Gasteiger partial charge in [0.25, 0.3) is 0 Å². The van der Waals surface area contributed by atoms with Crippen LogP contribution in [0, 0.1) is 11.8 Å². The molecule has 2 aliphatic rings. The number of nitrogens with zero attached hydrogens (tertiary/aromatic N) is 1. The third-order valence-corrected chi connectivity index (χ3v) is 4.23. The smallest absolute Gasteiger partial charge is 0.225 e. The number of carbonyl (C=O) groups excluding carboxylic acids is 1. The van der Waals surface area contributed by atoms with Crippen molar-refractivity contribution in [3.8, 4) is 0 Å². The molecule has 1 saturated heterocycles. The van der Waals surface area contributed by atoms with Crippen LogP contribution < -0.4 is 5.73 Å². The first kappa shape index (κ1) is 15.8. The van der Waals surface area contributed by atoms with Crippen molar-refractivity contribution in [1.82, 2.24) is 4.90 Å². The number of rotatable bonds is 3. The van der Waals surface area contributed by atoms with Crippen LogP contribution in [-0.2, 0) is 4.79 Å². The van der Waals surface area contributed by atoms with E-state index in [1.165, 1.54) is 12.8 Å². The summed E-state index contributed by atoms with van der Waals surface area (Å²) in [6, 6.07) is 0.759. The number of carbonyl (C=O) groups is 1. The molecule has 106 valence electrons. The number of halogens is 1. The van der Waals surface area contributed by atoms with Crippen molar-refractivity contribution in [3.05, 3.63) is 0 Å². The van der Waals surface area contributed by atoms with Crippen molar-refractivity contribution >= 4 is 18.3 Å². The molecular weight excluding hydrogens is 248 g/mol. The number of hydrogen-bond acceptors (Lipinski definition) is 2. The van der Waals surface area contributed by atoms with Gasteiger partial charge in [-0.1, -0.05) is 13.8 Å². The second kappa shape index (κ2) is 6.76. The highest BCUT2D eigenvalue weighted by Gasteiger charge is 2.36. The number of hydrogen-bond donors (Lipinski definition) is 1. The molecule has 3 unspecified atom stereocenters. The lowest BCUT2D eigenvalue weighted by Crippen LogP contribution is -2.40. The Bertz CT molecular complexity index is 283. The van der Waals surface area contributed by atoms with Gasteiger partial charge in [0.2, 0.25) is 5.91 Å². The molecule has 0 spiro atoms. The molecule has 0 aromatic carbocycles. The fourth-order valence-corrected chi connectivity index (χ4v) is 3.39. The van der Waals surface area contributed by atoms with Crippen LogP contribution in [0.3, 0.4) is 0 Å². The van der Waals surface area contributed by atoms with E-state index in [0.717, 1.165) is 32.2 Å². The molecule has 1 heterocycles. The number of nitrogens with two attached hydrogens (primary N) is 1. The summed E-state index contributed by atoms with van der Waals surface area (Å²) >= 11 is 0. The summed E-state index contributed by atoms with van der Waals surface area (Å²) < 4.78 is 0. The van der Waals surface area contributed by atoms with E-state index < -0.39 is 0 Å². The van der Waals surface area contributed by atoms with Gasteiger partial charge >= 0.3 is 0 Å². The van der Waals surface area contributed by atoms with E-state index in [9.17, 15) is 4.79 Å². The minimum Gasteiger partial charge on any atom is -0.339 e. The van der Waals surface area contributed by atoms with Gasteiger partial charge in [-0.15, -0.1) is 12.4 Å². The lowest BCUT2D eigenvalue weighted by molar-refractivity contribution is -0.136. The number of amides is 1. The summed E-state index contributed by atoms with van der Waals surface area (Å²) in [4.78, 5) is 14.6. The molecule has 0 aromatic heterocycles. The Balaban J connectivity index is 0.00000162. The molecule has 3 nitrogen and oxygen atoms in total. The molecule has 2 fully saturated rings. The van der Waals surface area contributed by atoms with Gasteiger partial charge in [0.05, 0.1) is 0 Å². The van der Waals surface area contributed by atoms with Gasteiger partial charge in [0.15, 0.2) is 0 Å². The summed E-state index contributed by atoms with van der Waals surface area (Å²) in [7, 11) is 0. The SMILES string of the molecule is CC(C)CC1CCCN1C(=O)C1CCC(N)C1.Cl. The molecule has 0 aromatic rings. The van der Waals surface area contributed by atoms with Crippen LogP contribution >= 0.6 is 12.4 Å². The van der Waals surface area contributed by atoms with Gasteiger partial charge in [-0.3, -0.25) is 4.79 Å². The summed E-state index contributed by atoms with van der Waals surface area (Å²) in [6.07, 6.45) is 6.48. The van der Waals surface area contributed by atoms with Crippen molar-refractivity contribution in [2.24, 2.45) is 17.6 Å². The normalized spacial score (nSPS) is 31.8. The number of likely N-dealkylation sites (tertiary alicyclic amines) is 1. The van der Waals surface area contributed by atoms with Crippen molar-refractivity contribution in [3.63, 3.8) is 0 Å². The minimum atomic E-state index is 0. The average molecular weight is 275 g/mol. The van der Waals surface area contributed by atoms with Gasteiger partial charge < -0.3 is 10.6 Å². The molecule has 4 heteroatoms. The van der Waals surface area contributed by atoms with E-state index in [2.05, 4.69) is 18.7 Å². The van der Waals surface area contributed by atoms with E-state index in [4.69, 9.17) is 5.73 Å². The standard InChI is InChI=1S/C14H26N2O.ClH/c1-10(2)8-13-4-3-7-16(13)14(17)11-5-6-12(15)9-11;/h10-13H,3-9,15H2,1-2H3;1H. The zero-order valence-electron chi connectivity index (χ0n) is 11.6. The van der Waals surface area contributed by atoms with Gasteiger partial charge in [-0.05, 0) is 44.4 Å². The van der Waals surface area contributed by atoms with Crippen LogP contribution in [0.4, 0.5) is 0 Å². The Labute approximate surface area is 117 Å². The summed E-state index contributed by atoms with van der Waals surface area (Å²) in [5.41, 5.74) is 5.91. The zero-order chi connectivity index (χ0) is 12.4. The van der Waals surface area contributed by atoms with Crippen LogP contribution in [0.2, 0.25) is 0 Å². The monoisotopic (exact) mass is 274 g/mol. The second-order valence-electron chi connectivity index (χ2n) is 6.23. The van der Waals surface area contributed by atoms with Gasteiger partial charge in [0, 0.05) is 24.5 Å². The predicted octanol–water partition coefficient (Wildman–Crippen LogP) is 2.57. The fraction of sp³-hybridized carbons (Fsp3) is 0.929. The molecule has 1 saturated carbocycles. The van der Waals surface area contributed by atoms with Crippen molar-refractivity contribution in [2.75, 3.05) is 6.54 Å². The van der Waals surface area contributed by atoms with Crippen molar-refractivity contribution in [1.29, 1.82) is 0 Å². The second-order valence-corrected chi connectivity index (χ2v) is 6.23. The fourth-order valence-electron chi connectivity index (χ4n) is 3.39. The van der Waals surface area contributed by atoms with Gasteiger partial charge in [-0.25, -0.2) is 0 Å². The van der Waals surface area contributed by atoms with Crippen molar-refractivity contribution < 1.29 is 4.79 Å². The Hall–Kier alpha value is -0.280. The largest absolute Gasteiger partial charge is 0.339 e. The summed E-state index contributed by atoms with van der Waals surface area (Å²) in [5.74, 6) is 1.29. The van der Waals surface area contributed by atoms with E-state index in [0.29, 0.717) is 17.9 Å². The zero-order valence-corrected chi connectivity index (χ0v) is 12.4. The van der Waals surface area contributed by atoms with E-state index in [1.807, 2.05) is 0 Å². The Morgan fingerprint density at radius 2 is 2.06 bits per heavy atom. The highest BCUT2D eigenvalue weighted by Crippen LogP contribution is 2.31. The molecular formula is C14H27ClN2O. The molecule has 2 N–H and O–H groups in total. The van der Waals surface area contributed by atoms with Crippen LogP contribution in [0.5, 0.6) is 0 Å². The lowest BCUT2D eigenvalue weighted by atomic mass is 10.00. The molecule has 1 amide bonds. The van der Waals surface area contributed by atoms with E-state index >= 15 is 0 Å². The first-order valence-electron chi connectivity index (χ1n) is 7.14. The maximum Gasteiger partial charge on any atom is 0.225 e. The highest BCUT2D eigenvalue weighted by atomic mass is 35.5. The molecule has 1 aliphatic carbocycles. The van der Waals surface area contributed by atoms with Crippen LogP contribution in [0.1, 0.15) is 52.4 Å². The highest BCUT2D eigenvalue weighted by molar-refractivity contribution is 5.85. The molecule has 0 bridgehead atoms. The van der Waals surface area contributed by atoms with Crippen molar-refractivity contribution in [2.45, 2.75) is 64.5 Å². The van der Waals surface area contributed by atoms with Crippen LogP contribution in [-0.4, -0.2) is 29.4 Å². The quantitative estimate of drug-likeness (QED) is 0.860. The van der Waals surface area contributed by atoms with Gasteiger partial charge in [0.1, 0.15) is 0 Å². The average Bonchev–Trinajstić information content (AvgIpc) is 2.85. The molecule has 2 rings (SSSR count). The topological polar surface area (TPSA) is 46.3 Å². The van der Waals surface area contributed by atoms with E-state index in [1.54, 1.807) is 0 Å². The maximum absolute atomic E-state index is 12.5. The molecule has 18 heavy (non-hydrogen) atoms. The van der Waals surface area contributed by atoms with Gasteiger partial charge in [-0.2, -0.15) is 0 Å². The Kier molecular flexibility index (Phi) is 5.93. The predicted molar refractivity (Wildman–Crippen MR) is 76.8 cm³/mol. The molecule has 0 radical (unpaired) electrons. The lowest BCUT2D eigenvalue weighted by Gasteiger charge is -2.28. The molecule has 3 atom stereocenters. The minimum absolute atomic E-state index is 0. The molecule has 1 aliphatic heterocycles. The summed E-state index contributed by atoms with van der Waals surface area (Å²) in [5, 5.41) is 0. The summed E-state index contributed by atoms with van der Waals surface area (Å²) in [6.45, 7) is 5.46. The first-order chi connectivity index (χ1) is 8.08. The van der Waals surface area contributed by atoms with Crippen LogP contribution in [0.25, 0.3) is 0 Å². The Morgan fingerprint density at radius 3 is 2.61 bits per heavy atom. The van der Waals surface area contributed by atoms with Crippen LogP contribution in [0.15, 0.2) is 0 Å². The first-order valence-corrected chi connectivity index (χ1v) is 7.14. The maximum atomic E-state index is 12.5. The third-order valence-electron chi connectivity index (χ3n) is 4.23. The van der Waals surface area contributed by atoms with E-state index in [-0.39, 0.29) is 24.4 Å². The Morgan fingerprint density at radius 1 is 1.33 bits per heavy atom. The third kappa shape index (κ3) is 3.61.